The lowest BCUT2D eigenvalue weighted by molar-refractivity contribution is -0.119. The summed E-state index contributed by atoms with van der Waals surface area (Å²) in [6.07, 6.45) is 3.52. The number of nitrogens with two attached hydrogens (primary N) is 2. The maximum absolute atomic E-state index is 11.9. The second kappa shape index (κ2) is 8.26. The number of carbonyl (C=O) groups is 1. The number of thiophene rings is 1. The van der Waals surface area contributed by atoms with Gasteiger partial charge in [-0.15, -0.1) is 24.8 Å². The monoisotopic (exact) mass is 369 g/mol. The Balaban J connectivity index is 0.00000132. The molecule has 0 saturated carbocycles. The maximum Gasteiger partial charge on any atom is 0.226 e. The molecule has 1 amide bonds. The predicted octanol–water partition coefficient (Wildman–Crippen LogP) is 3.41. The van der Waals surface area contributed by atoms with Gasteiger partial charge in [-0.3, -0.25) is 9.78 Å². The van der Waals surface area contributed by atoms with Crippen LogP contribution in [0.1, 0.15) is 23.1 Å². The summed E-state index contributed by atoms with van der Waals surface area (Å²) >= 11 is 1.55. The van der Waals surface area contributed by atoms with Crippen LogP contribution in [0.5, 0.6) is 0 Å². The van der Waals surface area contributed by atoms with Gasteiger partial charge < -0.3 is 11.5 Å². The van der Waals surface area contributed by atoms with E-state index in [-0.39, 0.29) is 24.8 Å². The summed E-state index contributed by atoms with van der Waals surface area (Å²) < 4.78 is 0. The highest BCUT2D eigenvalue weighted by Crippen LogP contribution is 2.31. The van der Waals surface area contributed by atoms with Crippen molar-refractivity contribution in [1.29, 1.82) is 0 Å². The Morgan fingerprint density at radius 3 is 2.52 bits per heavy atom. The molecule has 3 aromatic rings. The van der Waals surface area contributed by atoms with Crippen molar-refractivity contribution in [3.63, 3.8) is 0 Å². The van der Waals surface area contributed by atoms with E-state index in [4.69, 9.17) is 11.5 Å². The summed E-state index contributed by atoms with van der Waals surface area (Å²) in [7, 11) is 0. The molecule has 3 rings (SSSR count). The lowest BCUT2D eigenvalue weighted by Crippen LogP contribution is -2.31. The van der Waals surface area contributed by atoms with E-state index in [2.05, 4.69) is 4.98 Å². The molecule has 0 spiro atoms. The average Bonchev–Trinajstić information content (AvgIpc) is 3.01. The third kappa shape index (κ3) is 4.00. The number of aromatic nitrogens is 1. The van der Waals surface area contributed by atoms with Crippen molar-refractivity contribution in [3.8, 4) is 0 Å². The molecule has 2 unspecified atom stereocenters. The molecule has 0 saturated heterocycles. The maximum atomic E-state index is 11.9. The van der Waals surface area contributed by atoms with Gasteiger partial charge in [-0.1, -0.05) is 18.2 Å². The van der Waals surface area contributed by atoms with E-state index in [1.165, 1.54) is 0 Å². The molecule has 1 aromatic carbocycles. The summed E-state index contributed by atoms with van der Waals surface area (Å²) in [5.41, 5.74) is 13.6. The van der Waals surface area contributed by atoms with Gasteiger partial charge in [0.15, 0.2) is 0 Å². The molecule has 0 fully saturated rings. The Morgan fingerprint density at radius 2 is 1.87 bits per heavy atom. The average molecular weight is 370 g/mol. The third-order valence-corrected chi connectivity index (χ3v) is 4.32. The van der Waals surface area contributed by atoms with E-state index < -0.39 is 17.9 Å². The molecule has 2 aromatic heterocycles. The fraction of sp³-hybridized carbons (Fsp3) is 0.125. The van der Waals surface area contributed by atoms with Crippen LogP contribution in [0.2, 0.25) is 0 Å². The first-order chi connectivity index (χ1) is 10.2. The Morgan fingerprint density at radius 1 is 1.09 bits per heavy atom. The highest BCUT2D eigenvalue weighted by Gasteiger charge is 2.27. The van der Waals surface area contributed by atoms with E-state index in [1.54, 1.807) is 23.7 Å². The molecule has 0 radical (unpaired) electrons. The summed E-state index contributed by atoms with van der Waals surface area (Å²) in [5.74, 6) is -0.959. The van der Waals surface area contributed by atoms with Gasteiger partial charge in [-0.2, -0.15) is 11.3 Å². The lowest BCUT2D eigenvalue weighted by Gasteiger charge is -2.21. The number of carbonyl (C=O) groups excluding carboxylic acids is 1. The van der Waals surface area contributed by atoms with Gasteiger partial charge in [0.05, 0.1) is 5.92 Å². The fourth-order valence-corrected chi connectivity index (χ4v) is 3.21. The summed E-state index contributed by atoms with van der Waals surface area (Å²) in [6, 6.07) is 9.19. The number of pyridine rings is 1. The summed E-state index contributed by atoms with van der Waals surface area (Å²) in [4.78, 5) is 16.0. The van der Waals surface area contributed by atoms with Crippen LogP contribution in [0.15, 0.2) is 53.5 Å². The molecule has 23 heavy (non-hydrogen) atoms. The minimum Gasteiger partial charge on any atom is -0.369 e. The minimum absolute atomic E-state index is 0. The van der Waals surface area contributed by atoms with Crippen molar-refractivity contribution in [2.45, 2.75) is 12.0 Å². The highest BCUT2D eigenvalue weighted by atomic mass is 35.5. The zero-order valence-corrected chi connectivity index (χ0v) is 14.5. The number of primary amides is 1. The number of nitrogens with zero attached hydrogens (tertiary/aromatic N) is 1. The largest absolute Gasteiger partial charge is 0.369 e. The Labute approximate surface area is 150 Å². The Hall–Kier alpha value is -1.66. The number of amides is 1. The number of fused-ring (bicyclic) bond motifs is 1. The van der Waals surface area contributed by atoms with Gasteiger partial charge in [-0.25, -0.2) is 0 Å². The van der Waals surface area contributed by atoms with Crippen molar-refractivity contribution in [3.05, 3.63) is 64.6 Å². The van der Waals surface area contributed by atoms with E-state index in [0.717, 1.165) is 21.9 Å². The van der Waals surface area contributed by atoms with Gasteiger partial charge in [0.2, 0.25) is 5.91 Å². The second-order valence-electron chi connectivity index (χ2n) is 4.94. The van der Waals surface area contributed by atoms with Gasteiger partial charge in [0.1, 0.15) is 0 Å². The van der Waals surface area contributed by atoms with Crippen molar-refractivity contribution < 1.29 is 4.79 Å². The fourth-order valence-electron chi connectivity index (χ4n) is 2.50. The van der Waals surface area contributed by atoms with Crippen molar-refractivity contribution in [2.75, 3.05) is 0 Å². The first-order valence-electron chi connectivity index (χ1n) is 6.57. The summed E-state index contributed by atoms with van der Waals surface area (Å²) in [5, 5.41) is 5.94. The van der Waals surface area contributed by atoms with Crippen molar-refractivity contribution in [2.24, 2.45) is 11.5 Å². The van der Waals surface area contributed by atoms with Crippen LogP contribution in [0.25, 0.3) is 10.8 Å². The van der Waals surface area contributed by atoms with E-state index in [9.17, 15) is 4.79 Å². The number of hydrogen-bond acceptors (Lipinski definition) is 4. The molecular weight excluding hydrogens is 353 g/mol. The molecule has 0 aliphatic rings. The predicted molar refractivity (Wildman–Crippen MR) is 99.4 cm³/mol. The molecule has 4 N–H and O–H groups in total. The molecule has 0 aliphatic heterocycles. The number of benzene rings is 1. The van der Waals surface area contributed by atoms with Gasteiger partial charge in [0.25, 0.3) is 0 Å². The first-order valence-corrected chi connectivity index (χ1v) is 7.52. The molecular formula is C16H17Cl2N3OS. The van der Waals surface area contributed by atoms with Gasteiger partial charge >= 0.3 is 0 Å². The third-order valence-electron chi connectivity index (χ3n) is 3.62. The van der Waals surface area contributed by atoms with Crippen molar-refractivity contribution >= 4 is 52.8 Å². The second-order valence-corrected chi connectivity index (χ2v) is 5.72. The number of halogens is 2. The number of rotatable bonds is 4. The molecule has 0 bridgehead atoms. The van der Waals surface area contributed by atoms with Crippen molar-refractivity contribution in [1.82, 2.24) is 4.98 Å². The Bertz CT molecular complexity index is 780. The number of hydrogen-bond donors (Lipinski definition) is 2. The molecule has 7 heteroatoms. The van der Waals surface area contributed by atoms with Crippen LogP contribution in [-0.2, 0) is 4.79 Å². The van der Waals surface area contributed by atoms with Crippen LogP contribution in [0.4, 0.5) is 0 Å². The zero-order chi connectivity index (χ0) is 14.8. The van der Waals surface area contributed by atoms with Crippen LogP contribution in [0, 0.1) is 0 Å². The zero-order valence-electron chi connectivity index (χ0n) is 12.1. The standard InChI is InChI=1S/C16H15N3OS.2ClH/c17-15(13-4-6-21-9-13)14(16(18)20)11-1-2-12-8-19-5-3-10(12)7-11;;/h1-9,14-15H,17H2,(H2,18,20);2*1H. The first kappa shape index (κ1) is 19.4. The van der Waals surface area contributed by atoms with E-state index >= 15 is 0 Å². The smallest absolute Gasteiger partial charge is 0.226 e. The molecule has 0 aliphatic carbocycles. The normalized spacial score (nSPS) is 12.7. The lowest BCUT2D eigenvalue weighted by atomic mass is 9.87. The van der Waals surface area contributed by atoms with Gasteiger partial charge in [0, 0.05) is 23.8 Å². The highest BCUT2D eigenvalue weighted by molar-refractivity contribution is 7.08. The summed E-state index contributed by atoms with van der Waals surface area (Å²) in [6.45, 7) is 0. The SMILES string of the molecule is Cl.Cl.NC(=O)C(c1ccc2cnccc2c1)C(N)c1ccsc1. The van der Waals surface area contributed by atoms with E-state index in [0.29, 0.717) is 0 Å². The molecule has 4 nitrogen and oxygen atoms in total. The van der Waals surface area contributed by atoms with Crippen LogP contribution in [-0.4, -0.2) is 10.9 Å². The molecule has 122 valence electrons. The van der Waals surface area contributed by atoms with Gasteiger partial charge in [-0.05, 0) is 39.4 Å². The molecule has 2 heterocycles. The van der Waals surface area contributed by atoms with Crippen LogP contribution in [0.3, 0.4) is 0 Å². The minimum atomic E-state index is -0.544. The Kier molecular flexibility index (Phi) is 6.97. The van der Waals surface area contributed by atoms with Crippen LogP contribution < -0.4 is 11.5 Å². The van der Waals surface area contributed by atoms with Crippen LogP contribution >= 0.6 is 36.2 Å². The van der Waals surface area contributed by atoms with E-state index in [1.807, 2.05) is 41.1 Å². The molecule has 2 atom stereocenters. The quantitative estimate of drug-likeness (QED) is 0.738. The topological polar surface area (TPSA) is 82.0 Å².